The van der Waals surface area contributed by atoms with Crippen molar-refractivity contribution in [1.29, 1.82) is 26.3 Å². The average molecular weight is 711 g/mol. The number of hydrogen-bond acceptors (Lipinski definition) is 5. The van der Waals surface area contributed by atoms with E-state index in [0.29, 0.717) is 6.92 Å². The number of allylic oxidation sites excluding steroid dienone is 6. The third-order valence-electron chi connectivity index (χ3n) is 7.11. The SMILES string of the molecule is Cc1c(F)c(C(F)(F)F)c(F)c(F)c1C(C#N)=C1C(=C(C#N)c2c(F)c(F)c(C#N)c(F)c2F)C1=C(C#N)c1c(F)c(F)c(C#N)c(F)c1F. The summed E-state index contributed by atoms with van der Waals surface area (Å²) < 4.78 is 203. The molecule has 0 saturated heterocycles. The molecule has 50 heavy (non-hydrogen) atoms. The van der Waals surface area contributed by atoms with E-state index in [4.69, 9.17) is 10.5 Å². The van der Waals surface area contributed by atoms with Crippen LogP contribution in [0.1, 0.15) is 38.9 Å². The highest BCUT2D eigenvalue weighted by molar-refractivity contribution is 6.12. The second-order valence-corrected chi connectivity index (χ2v) is 9.64. The van der Waals surface area contributed by atoms with E-state index in [1.54, 1.807) is 0 Å². The Labute approximate surface area is 267 Å². The summed E-state index contributed by atoms with van der Waals surface area (Å²) in [4.78, 5) is 0. The number of nitriles is 5. The average Bonchev–Trinajstić information content (AvgIpc) is 3.77. The maximum absolute atomic E-state index is 15.3. The molecular weight excluding hydrogens is 708 g/mol. The molecule has 19 heteroatoms. The lowest BCUT2D eigenvalue weighted by Crippen LogP contribution is -2.16. The van der Waals surface area contributed by atoms with E-state index in [1.807, 2.05) is 0 Å². The van der Waals surface area contributed by atoms with Crippen LogP contribution in [0.2, 0.25) is 0 Å². The number of nitrogens with zero attached hydrogens (tertiary/aromatic N) is 5. The lowest BCUT2D eigenvalue weighted by Gasteiger charge is -2.15. The molecule has 0 spiro atoms. The van der Waals surface area contributed by atoms with E-state index in [1.165, 1.54) is 0 Å². The highest BCUT2D eigenvalue weighted by Gasteiger charge is 2.47. The van der Waals surface area contributed by atoms with Crippen molar-refractivity contribution in [3.8, 4) is 30.3 Å². The van der Waals surface area contributed by atoms with Gasteiger partial charge in [-0.15, -0.1) is 0 Å². The molecule has 0 heterocycles. The van der Waals surface area contributed by atoms with Crippen molar-refractivity contribution in [2.24, 2.45) is 0 Å². The summed E-state index contributed by atoms with van der Waals surface area (Å²) in [6.07, 6.45) is -5.91. The van der Waals surface area contributed by atoms with Gasteiger partial charge in [0.2, 0.25) is 0 Å². The minimum Gasteiger partial charge on any atom is -0.206 e. The first-order valence-corrected chi connectivity index (χ1v) is 12.5. The molecule has 1 aliphatic carbocycles. The number of hydrogen-bond donors (Lipinski definition) is 0. The Morgan fingerprint density at radius 2 is 0.700 bits per heavy atom. The summed E-state index contributed by atoms with van der Waals surface area (Å²) in [6, 6.07) is 4.43. The van der Waals surface area contributed by atoms with E-state index < -0.39 is 143 Å². The largest absolute Gasteiger partial charge is 0.422 e. The molecular formula is C31H3F14N5. The molecule has 1 aliphatic rings. The molecule has 0 atom stereocenters. The van der Waals surface area contributed by atoms with E-state index in [9.17, 15) is 55.3 Å². The van der Waals surface area contributed by atoms with Gasteiger partial charge in [0, 0.05) is 22.3 Å². The molecule has 250 valence electrons. The molecule has 0 unspecified atom stereocenters. The Kier molecular flexibility index (Phi) is 8.99. The summed E-state index contributed by atoms with van der Waals surface area (Å²) in [5, 5.41) is 47.3. The van der Waals surface area contributed by atoms with Gasteiger partial charge in [-0.3, -0.25) is 0 Å². The lowest BCUT2D eigenvalue weighted by molar-refractivity contribution is -0.142. The van der Waals surface area contributed by atoms with Crippen molar-refractivity contribution in [3.05, 3.63) is 120 Å². The van der Waals surface area contributed by atoms with Gasteiger partial charge in [0.25, 0.3) is 0 Å². The van der Waals surface area contributed by atoms with E-state index in [2.05, 4.69) is 0 Å². The van der Waals surface area contributed by atoms with Crippen molar-refractivity contribution < 1.29 is 61.5 Å². The van der Waals surface area contributed by atoms with E-state index >= 15 is 22.0 Å². The fraction of sp³-hybridized carbons (Fsp3) is 0.0645. The zero-order valence-corrected chi connectivity index (χ0v) is 23.5. The maximum atomic E-state index is 15.3. The van der Waals surface area contributed by atoms with Gasteiger partial charge in [0.15, 0.2) is 58.2 Å². The van der Waals surface area contributed by atoms with Gasteiger partial charge in [-0.25, -0.2) is 48.3 Å². The fourth-order valence-corrected chi connectivity index (χ4v) is 4.87. The van der Waals surface area contributed by atoms with E-state index in [-0.39, 0.29) is 0 Å². The van der Waals surface area contributed by atoms with Gasteiger partial charge in [-0.1, -0.05) is 0 Å². The summed E-state index contributed by atoms with van der Waals surface area (Å²) in [5.74, 6) is -28.2. The smallest absolute Gasteiger partial charge is 0.206 e. The minimum atomic E-state index is -5.91. The Morgan fingerprint density at radius 1 is 0.420 bits per heavy atom. The highest BCUT2D eigenvalue weighted by atomic mass is 19.4. The molecule has 0 amide bonds. The molecule has 3 aromatic rings. The van der Waals surface area contributed by atoms with Crippen LogP contribution in [0.4, 0.5) is 61.5 Å². The van der Waals surface area contributed by atoms with Crippen LogP contribution in [0.5, 0.6) is 0 Å². The minimum absolute atomic E-state index is 0.335. The van der Waals surface area contributed by atoms with Gasteiger partial charge < -0.3 is 0 Å². The van der Waals surface area contributed by atoms with Gasteiger partial charge in [-0.2, -0.15) is 39.5 Å². The summed E-state index contributed by atoms with van der Waals surface area (Å²) in [6.45, 7) is 0.335. The number of alkyl halides is 3. The monoisotopic (exact) mass is 711 g/mol. The van der Waals surface area contributed by atoms with Crippen LogP contribution in [0, 0.1) is 128 Å². The fourth-order valence-electron chi connectivity index (χ4n) is 4.87. The number of rotatable bonds is 3. The molecule has 3 aromatic carbocycles. The van der Waals surface area contributed by atoms with Crippen LogP contribution in [-0.4, -0.2) is 0 Å². The van der Waals surface area contributed by atoms with Crippen molar-refractivity contribution >= 4 is 16.7 Å². The summed E-state index contributed by atoms with van der Waals surface area (Å²) in [7, 11) is 0. The maximum Gasteiger partial charge on any atom is 0.422 e. The van der Waals surface area contributed by atoms with Crippen LogP contribution in [0.25, 0.3) is 16.7 Å². The number of halogens is 14. The molecule has 0 bridgehead atoms. The Morgan fingerprint density at radius 3 is 0.960 bits per heavy atom. The topological polar surface area (TPSA) is 119 Å². The van der Waals surface area contributed by atoms with Crippen molar-refractivity contribution in [2.75, 3.05) is 0 Å². The Bertz CT molecular complexity index is 2230. The standard InChI is InChI=1S/C31H3F14N5/c1-7-13(25(37)30(42)19(20(7)32)31(43,44)45)8(2-46)14-15(9(3-47)17-26(38)21(33)11(5-49)22(34)27(17)39)16(14)10(4-48)18-28(40)23(35)12(6-50)24(36)29(18)41/h1H3. The second-order valence-electron chi connectivity index (χ2n) is 9.64. The predicted molar refractivity (Wildman–Crippen MR) is 136 cm³/mol. The first kappa shape index (κ1) is 36.2. The molecule has 0 aromatic heterocycles. The van der Waals surface area contributed by atoms with Crippen molar-refractivity contribution in [3.63, 3.8) is 0 Å². The molecule has 4 rings (SSSR count). The van der Waals surface area contributed by atoms with Crippen LogP contribution in [0.15, 0.2) is 16.7 Å². The molecule has 5 nitrogen and oxygen atoms in total. The Balaban J connectivity index is 2.38. The van der Waals surface area contributed by atoms with Crippen molar-refractivity contribution in [2.45, 2.75) is 13.1 Å². The van der Waals surface area contributed by atoms with Crippen LogP contribution < -0.4 is 0 Å². The molecule has 0 aliphatic heterocycles. The van der Waals surface area contributed by atoms with Gasteiger partial charge in [0.05, 0.1) is 27.8 Å². The molecule has 1 fully saturated rings. The molecule has 1 saturated carbocycles. The quantitative estimate of drug-likeness (QED) is 0.153. The second kappa shape index (κ2) is 12.4. The third kappa shape index (κ3) is 5.06. The lowest BCUT2D eigenvalue weighted by atomic mass is 9.95. The van der Waals surface area contributed by atoms with Crippen LogP contribution >= 0.6 is 0 Å². The van der Waals surface area contributed by atoms with Crippen LogP contribution in [0.3, 0.4) is 0 Å². The first-order chi connectivity index (χ1) is 23.3. The third-order valence-corrected chi connectivity index (χ3v) is 7.11. The van der Waals surface area contributed by atoms with Gasteiger partial charge in [-0.05, 0) is 12.5 Å². The van der Waals surface area contributed by atoms with Gasteiger partial charge in [0.1, 0.15) is 52.9 Å². The summed E-state index contributed by atoms with van der Waals surface area (Å²) >= 11 is 0. The van der Waals surface area contributed by atoms with Crippen LogP contribution in [-0.2, 0) is 6.18 Å². The first-order valence-electron chi connectivity index (χ1n) is 12.5. The zero-order valence-electron chi connectivity index (χ0n) is 23.5. The zero-order chi connectivity index (χ0) is 37.9. The highest BCUT2D eigenvalue weighted by Crippen LogP contribution is 2.57. The summed E-state index contributed by atoms with van der Waals surface area (Å²) in [5.41, 5.74) is -23.6. The van der Waals surface area contributed by atoms with Crippen molar-refractivity contribution in [1.82, 2.24) is 0 Å². The number of benzene rings is 3. The van der Waals surface area contributed by atoms with E-state index in [0.717, 1.165) is 30.3 Å². The predicted octanol–water partition coefficient (Wildman–Crippen LogP) is 8.53. The molecule has 0 radical (unpaired) electrons. The molecule has 0 N–H and O–H groups in total. The normalized spacial score (nSPS) is 14.2. The Hall–Kier alpha value is -6.65. The van der Waals surface area contributed by atoms with Gasteiger partial charge >= 0.3 is 6.18 Å².